The van der Waals surface area contributed by atoms with E-state index in [4.69, 9.17) is 34.8 Å². The Balaban J connectivity index is 1.69. The molecular weight excluding hydrogens is 355 g/mol. The summed E-state index contributed by atoms with van der Waals surface area (Å²) in [6.45, 7) is 1.36. The second-order valence-electron chi connectivity index (χ2n) is 5.02. The summed E-state index contributed by atoms with van der Waals surface area (Å²) in [6.07, 6.45) is 1.20. The fourth-order valence-corrected chi connectivity index (χ4v) is 2.78. The number of hydrogen-bond donors (Lipinski definition) is 2. The van der Waals surface area contributed by atoms with Gasteiger partial charge in [-0.2, -0.15) is 0 Å². The van der Waals surface area contributed by atoms with E-state index >= 15 is 0 Å². The lowest BCUT2D eigenvalue weighted by molar-refractivity contribution is -0.116. The van der Waals surface area contributed by atoms with E-state index in [1.807, 2.05) is 24.3 Å². The first-order valence-corrected chi connectivity index (χ1v) is 8.38. The minimum atomic E-state index is -0.129. The third kappa shape index (κ3) is 6.04. The van der Waals surface area contributed by atoms with Crippen molar-refractivity contribution in [2.75, 3.05) is 18.4 Å². The van der Waals surface area contributed by atoms with Crippen LogP contribution >= 0.6 is 34.8 Å². The molecule has 122 valence electrons. The molecule has 0 saturated heterocycles. The van der Waals surface area contributed by atoms with Crippen LogP contribution in [0.15, 0.2) is 42.5 Å². The molecular formula is C17H17Cl3N2O. The number of benzene rings is 2. The predicted molar refractivity (Wildman–Crippen MR) is 97.7 cm³/mol. The molecule has 0 heterocycles. The number of rotatable bonds is 7. The Morgan fingerprint density at radius 1 is 0.957 bits per heavy atom. The molecule has 2 rings (SSSR count). The summed E-state index contributed by atoms with van der Waals surface area (Å²) in [6, 6.07) is 12.9. The maximum atomic E-state index is 11.9. The molecule has 0 saturated carbocycles. The van der Waals surface area contributed by atoms with Crippen molar-refractivity contribution >= 4 is 46.4 Å². The number of halogens is 3. The molecule has 0 bridgehead atoms. The van der Waals surface area contributed by atoms with Crippen molar-refractivity contribution in [1.82, 2.24) is 5.32 Å². The monoisotopic (exact) mass is 370 g/mol. The standard InChI is InChI=1S/C17H17Cl3N2O/c18-13-4-1-3-12(11-13)7-9-21-10-8-16(23)22-17-14(19)5-2-6-15(17)20/h1-6,11,21H,7-10H2,(H,22,23). The van der Waals surface area contributed by atoms with Crippen molar-refractivity contribution in [3.05, 3.63) is 63.1 Å². The molecule has 0 unspecified atom stereocenters. The minimum absolute atomic E-state index is 0.129. The SMILES string of the molecule is O=C(CCNCCc1cccc(Cl)c1)Nc1c(Cl)cccc1Cl. The number of hydrogen-bond acceptors (Lipinski definition) is 2. The van der Waals surface area contributed by atoms with Crippen LogP contribution in [0.2, 0.25) is 15.1 Å². The van der Waals surface area contributed by atoms with Gasteiger partial charge in [-0.3, -0.25) is 4.79 Å². The summed E-state index contributed by atoms with van der Waals surface area (Å²) in [4.78, 5) is 11.9. The van der Waals surface area contributed by atoms with Gasteiger partial charge in [0, 0.05) is 18.0 Å². The van der Waals surface area contributed by atoms with E-state index in [0.29, 0.717) is 28.7 Å². The Labute approximate surface area is 150 Å². The third-order valence-corrected chi connectivity index (χ3v) is 4.10. The third-order valence-electron chi connectivity index (χ3n) is 3.24. The van der Waals surface area contributed by atoms with Crippen LogP contribution in [-0.2, 0) is 11.2 Å². The Morgan fingerprint density at radius 3 is 2.35 bits per heavy atom. The molecule has 2 N–H and O–H groups in total. The van der Waals surface area contributed by atoms with Crippen LogP contribution in [0, 0.1) is 0 Å². The highest BCUT2D eigenvalue weighted by Gasteiger charge is 2.09. The van der Waals surface area contributed by atoms with E-state index in [1.54, 1.807) is 18.2 Å². The zero-order valence-electron chi connectivity index (χ0n) is 12.4. The second kappa shape index (κ2) is 9.14. The molecule has 0 spiro atoms. The average Bonchev–Trinajstić information content (AvgIpc) is 2.51. The van der Waals surface area contributed by atoms with E-state index in [9.17, 15) is 4.79 Å². The van der Waals surface area contributed by atoms with Crippen LogP contribution in [0.4, 0.5) is 5.69 Å². The van der Waals surface area contributed by atoms with E-state index in [2.05, 4.69) is 10.6 Å². The first-order chi connectivity index (χ1) is 11.1. The van der Waals surface area contributed by atoms with Gasteiger partial charge >= 0.3 is 0 Å². The molecule has 0 aromatic heterocycles. The lowest BCUT2D eigenvalue weighted by Gasteiger charge is -2.09. The Bertz CT molecular complexity index is 656. The largest absolute Gasteiger partial charge is 0.324 e. The summed E-state index contributed by atoms with van der Waals surface area (Å²) in [5.74, 6) is -0.129. The first-order valence-electron chi connectivity index (χ1n) is 7.25. The summed E-state index contributed by atoms with van der Waals surface area (Å²) in [5.41, 5.74) is 1.62. The summed E-state index contributed by atoms with van der Waals surface area (Å²) < 4.78 is 0. The molecule has 0 radical (unpaired) electrons. The molecule has 1 amide bonds. The smallest absolute Gasteiger partial charge is 0.225 e. The average molecular weight is 372 g/mol. The van der Waals surface area contributed by atoms with Crippen molar-refractivity contribution in [2.45, 2.75) is 12.8 Å². The zero-order chi connectivity index (χ0) is 16.7. The number of nitrogens with one attached hydrogen (secondary N) is 2. The van der Waals surface area contributed by atoms with E-state index in [1.165, 1.54) is 0 Å². The molecule has 0 atom stereocenters. The fourth-order valence-electron chi connectivity index (χ4n) is 2.07. The molecule has 3 nitrogen and oxygen atoms in total. The number of carbonyl (C=O) groups is 1. The van der Waals surface area contributed by atoms with Crippen LogP contribution in [-0.4, -0.2) is 19.0 Å². The zero-order valence-corrected chi connectivity index (χ0v) is 14.7. The van der Waals surface area contributed by atoms with Gasteiger partial charge in [-0.25, -0.2) is 0 Å². The van der Waals surface area contributed by atoms with Gasteiger partial charge in [-0.05, 0) is 42.8 Å². The topological polar surface area (TPSA) is 41.1 Å². The van der Waals surface area contributed by atoms with Crippen LogP contribution in [0.3, 0.4) is 0 Å². The molecule has 2 aromatic rings. The van der Waals surface area contributed by atoms with Crippen LogP contribution in [0.25, 0.3) is 0 Å². The second-order valence-corrected chi connectivity index (χ2v) is 6.28. The van der Waals surface area contributed by atoms with E-state index < -0.39 is 0 Å². The molecule has 6 heteroatoms. The highest BCUT2D eigenvalue weighted by Crippen LogP contribution is 2.29. The van der Waals surface area contributed by atoms with Crippen LogP contribution < -0.4 is 10.6 Å². The highest BCUT2D eigenvalue weighted by molar-refractivity contribution is 6.39. The maximum absolute atomic E-state index is 11.9. The normalized spacial score (nSPS) is 10.6. The van der Waals surface area contributed by atoms with E-state index in [-0.39, 0.29) is 5.91 Å². The first kappa shape index (κ1) is 18.1. The van der Waals surface area contributed by atoms with Gasteiger partial charge in [0.15, 0.2) is 0 Å². The number of anilines is 1. The van der Waals surface area contributed by atoms with E-state index in [0.717, 1.165) is 23.6 Å². The lowest BCUT2D eigenvalue weighted by Crippen LogP contribution is -2.23. The van der Waals surface area contributed by atoms with Crippen molar-refractivity contribution in [1.29, 1.82) is 0 Å². The van der Waals surface area contributed by atoms with Crippen LogP contribution in [0.5, 0.6) is 0 Å². The molecule has 0 aliphatic carbocycles. The van der Waals surface area contributed by atoms with Gasteiger partial charge in [-0.1, -0.05) is 53.0 Å². The quantitative estimate of drug-likeness (QED) is 0.686. The fraction of sp³-hybridized carbons (Fsp3) is 0.235. The van der Waals surface area contributed by atoms with Gasteiger partial charge in [0.25, 0.3) is 0 Å². The number of amides is 1. The summed E-state index contributed by atoms with van der Waals surface area (Å²) in [7, 11) is 0. The summed E-state index contributed by atoms with van der Waals surface area (Å²) in [5, 5.41) is 7.56. The Kier molecular flexibility index (Phi) is 7.18. The summed E-state index contributed by atoms with van der Waals surface area (Å²) >= 11 is 18.0. The molecule has 0 aliphatic heterocycles. The van der Waals surface area contributed by atoms with Crippen LogP contribution in [0.1, 0.15) is 12.0 Å². The van der Waals surface area contributed by atoms with Crippen molar-refractivity contribution in [3.63, 3.8) is 0 Å². The van der Waals surface area contributed by atoms with Gasteiger partial charge in [-0.15, -0.1) is 0 Å². The van der Waals surface area contributed by atoms with Gasteiger partial charge in [0.2, 0.25) is 5.91 Å². The molecule has 23 heavy (non-hydrogen) atoms. The van der Waals surface area contributed by atoms with Crippen molar-refractivity contribution in [2.24, 2.45) is 0 Å². The number of carbonyl (C=O) groups excluding carboxylic acids is 1. The van der Waals surface area contributed by atoms with Gasteiger partial charge in [0.1, 0.15) is 0 Å². The Hall–Kier alpha value is -1.26. The Morgan fingerprint density at radius 2 is 1.65 bits per heavy atom. The molecule has 0 fully saturated rings. The minimum Gasteiger partial charge on any atom is -0.324 e. The molecule has 0 aliphatic rings. The highest BCUT2D eigenvalue weighted by atomic mass is 35.5. The lowest BCUT2D eigenvalue weighted by atomic mass is 10.1. The van der Waals surface area contributed by atoms with Gasteiger partial charge < -0.3 is 10.6 Å². The maximum Gasteiger partial charge on any atom is 0.225 e. The molecule has 2 aromatic carbocycles. The van der Waals surface area contributed by atoms with Crippen molar-refractivity contribution < 1.29 is 4.79 Å². The van der Waals surface area contributed by atoms with Crippen molar-refractivity contribution in [3.8, 4) is 0 Å². The number of para-hydroxylation sites is 1. The predicted octanol–water partition coefficient (Wildman–Crippen LogP) is 4.81. The van der Waals surface area contributed by atoms with Gasteiger partial charge in [0.05, 0.1) is 15.7 Å².